The van der Waals surface area contributed by atoms with Crippen LogP contribution in [0.4, 0.5) is 4.39 Å². The molecule has 0 saturated carbocycles. The van der Waals surface area contributed by atoms with E-state index in [4.69, 9.17) is 16.3 Å². The lowest BCUT2D eigenvalue weighted by atomic mass is 10.3. The van der Waals surface area contributed by atoms with Crippen LogP contribution in [-0.4, -0.2) is 11.6 Å². The summed E-state index contributed by atoms with van der Waals surface area (Å²) in [6, 6.07) is 2.96. The molecule has 1 aromatic carbocycles. The molecule has 0 unspecified atom stereocenters. The number of halogens is 2. The molecule has 1 heterocycles. The average molecular weight is 258 g/mol. The van der Waals surface area contributed by atoms with E-state index in [1.807, 2.05) is 19.1 Å². The number of nitrogens with zero attached hydrogens (tertiary/aromatic N) is 1. The van der Waals surface area contributed by atoms with Crippen molar-refractivity contribution < 1.29 is 9.13 Å². The molecule has 2 rings (SSSR count). The highest BCUT2D eigenvalue weighted by molar-refractivity contribution is 7.22. The van der Waals surface area contributed by atoms with Crippen LogP contribution in [0.25, 0.3) is 10.2 Å². The van der Waals surface area contributed by atoms with Gasteiger partial charge in [-0.15, -0.1) is 11.3 Å². The van der Waals surface area contributed by atoms with Gasteiger partial charge in [-0.1, -0.05) is 23.8 Å². The van der Waals surface area contributed by atoms with Crippen LogP contribution in [0.1, 0.15) is 6.92 Å². The smallest absolute Gasteiger partial charge is 0.184 e. The molecule has 2 nitrogen and oxygen atoms in total. The lowest BCUT2D eigenvalue weighted by Crippen LogP contribution is -1.95. The maximum absolute atomic E-state index is 13.5. The highest BCUT2D eigenvalue weighted by atomic mass is 35.5. The largest absolute Gasteiger partial charge is 0.486 e. The fraction of sp³-hybridized carbons (Fsp3) is 0.182. The first kappa shape index (κ1) is 11.4. The summed E-state index contributed by atoms with van der Waals surface area (Å²) in [7, 11) is 0. The first-order valence-electron chi connectivity index (χ1n) is 4.70. The summed E-state index contributed by atoms with van der Waals surface area (Å²) in [6.45, 7) is 2.23. The second kappa shape index (κ2) is 4.80. The molecule has 0 bridgehead atoms. The maximum atomic E-state index is 13.5. The topological polar surface area (TPSA) is 22.1 Å². The van der Waals surface area contributed by atoms with Crippen LogP contribution in [0.2, 0.25) is 4.47 Å². The van der Waals surface area contributed by atoms with E-state index in [0.717, 1.165) is 4.70 Å². The van der Waals surface area contributed by atoms with E-state index in [1.54, 1.807) is 6.07 Å². The van der Waals surface area contributed by atoms with Crippen molar-refractivity contribution in [1.82, 2.24) is 4.98 Å². The fourth-order valence-corrected chi connectivity index (χ4v) is 2.29. The Morgan fingerprint density at radius 3 is 3.12 bits per heavy atom. The molecule has 2 aromatic rings. The predicted molar refractivity (Wildman–Crippen MR) is 64.9 cm³/mol. The van der Waals surface area contributed by atoms with Crippen LogP contribution in [-0.2, 0) is 0 Å². The Bertz CT molecular complexity index is 538. The Kier molecular flexibility index (Phi) is 3.41. The van der Waals surface area contributed by atoms with Crippen molar-refractivity contribution >= 4 is 33.2 Å². The lowest BCUT2D eigenvalue weighted by molar-refractivity contribution is 0.342. The van der Waals surface area contributed by atoms with E-state index in [9.17, 15) is 4.39 Å². The molecule has 0 saturated heterocycles. The minimum Gasteiger partial charge on any atom is -0.486 e. The normalized spacial score (nSPS) is 11.4. The quantitative estimate of drug-likeness (QED) is 0.774. The second-order valence-corrected chi connectivity index (χ2v) is 4.71. The van der Waals surface area contributed by atoms with E-state index >= 15 is 0 Å². The van der Waals surface area contributed by atoms with Gasteiger partial charge in [-0.25, -0.2) is 9.37 Å². The van der Waals surface area contributed by atoms with E-state index < -0.39 is 5.82 Å². The average Bonchev–Trinajstić information content (AvgIpc) is 2.58. The van der Waals surface area contributed by atoms with Gasteiger partial charge in [0.1, 0.15) is 6.61 Å². The van der Waals surface area contributed by atoms with Crippen LogP contribution in [0, 0.1) is 5.82 Å². The number of rotatable bonds is 3. The molecule has 5 heteroatoms. The molecular formula is C11H9ClFNOS. The Balaban J connectivity index is 2.33. The maximum Gasteiger partial charge on any atom is 0.184 e. The zero-order valence-electron chi connectivity index (χ0n) is 8.54. The minimum atomic E-state index is -0.418. The number of hydrogen-bond donors (Lipinski definition) is 0. The minimum absolute atomic E-state index is 0.228. The molecular weight excluding hydrogens is 249 g/mol. The number of ether oxygens (including phenoxy) is 1. The molecule has 0 aliphatic carbocycles. The number of thiazole rings is 1. The summed E-state index contributed by atoms with van der Waals surface area (Å²) in [5, 5.41) is 0. The van der Waals surface area contributed by atoms with Gasteiger partial charge in [-0.3, -0.25) is 0 Å². The predicted octanol–water partition coefficient (Wildman–Crippen LogP) is 4.04. The Labute approximate surface area is 101 Å². The summed E-state index contributed by atoms with van der Waals surface area (Å²) in [5.41, 5.74) is 0.561. The number of aromatic nitrogens is 1. The fourth-order valence-electron chi connectivity index (χ4n) is 1.25. The van der Waals surface area contributed by atoms with Crippen molar-refractivity contribution in [2.75, 3.05) is 6.61 Å². The number of benzene rings is 1. The van der Waals surface area contributed by atoms with E-state index in [1.165, 1.54) is 17.4 Å². The lowest BCUT2D eigenvalue weighted by Gasteiger charge is -2.03. The van der Waals surface area contributed by atoms with Crippen molar-refractivity contribution in [3.05, 3.63) is 34.6 Å². The van der Waals surface area contributed by atoms with Crippen LogP contribution in [0.3, 0.4) is 0 Å². The summed E-state index contributed by atoms with van der Waals surface area (Å²) >= 11 is 7.05. The van der Waals surface area contributed by atoms with Crippen molar-refractivity contribution in [2.24, 2.45) is 0 Å². The van der Waals surface area contributed by atoms with E-state index in [0.29, 0.717) is 16.6 Å². The number of hydrogen-bond acceptors (Lipinski definition) is 3. The second-order valence-electron chi connectivity index (χ2n) is 3.10. The van der Waals surface area contributed by atoms with Crippen LogP contribution >= 0.6 is 22.9 Å². The molecule has 84 valence electrons. The third-order valence-electron chi connectivity index (χ3n) is 1.99. The Morgan fingerprint density at radius 2 is 2.38 bits per heavy atom. The SMILES string of the molecule is CC=CCOc1cc2sc(Cl)nc2cc1F. The monoisotopic (exact) mass is 257 g/mol. The van der Waals surface area contributed by atoms with Gasteiger partial charge in [0.2, 0.25) is 0 Å². The number of allylic oxidation sites excluding steroid dienone is 1. The highest BCUT2D eigenvalue weighted by Gasteiger charge is 2.09. The van der Waals surface area contributed by atoms with Gasteiger partial charge in [-0.05, 0) is 6.92 Å². The summed E-state index contributed by atoms with van der Waals surface area (Å²) < 4.78 is 20.0. The van der Waals surface area contributed by atoms with Gasteiger partial charge in [0, 0.05) is 12.1 Å². The van der Waals surface area contributed by atoms with Gasteiger partial charge in [0.15, 0.2) is 16.0 Å². The van der Waals surface area contributed by atoms with Crippen LogP contribution in [0.15, 0.2) is 24.3 Å². The van der Waals surface area contributed by atoms with Crippen LogP contribution in [0.5, 0.6) is 5.75 Å². The van der Waals surface area contributed by atoms with Gasteiger partial charge in [-0.2, -0.15) is 0 Å². The summed E-state index contributed by atoms with van der Waals surface area (Å²) in [6.07, 6.45) is 3.66. The van der Waals surface area contributed by atoms with Crippen LogP contribution < -0.4 is 4.74 Å². The molecule has 1 aromatic heterocycles. The molecule has 0 aliphatic rings. The molecule has 0 N–H and O–H groups in total. The molecule has 0 atom stereocenters. The molecule has 0 radical (unpaired) electrons. The van der Waals surface area contributed by atoms with Gasteiger partial charge >= 0.3 is 0 Å². The third kappa shape index (κ3) is 2.33. The standard InChI is InChI=1S/C11H9ClFNOS/c1-2-3-4-15-9-6-10-8(5-7(9)13)14-11(12)16-10/h2-3,5-6H,4H2,1H3. The van der Waals surface area contributed by atoms with Crippen molar-refractivity contribution in [3.63, 3.8) is 0 Å². The van der Waals surface area contributed by atoms with Gasteiger partial charge in [0.05, 0.1) is 10.2 Å². The van der Waals surface area contributed by atoms with Gasteiger partial charge in [0.25, 0.3) is 0 Å². The molecule has 0 spiro atoms. The molecule has 0 aliphatic heterocycles. The zero-order valence-corrected chi connectivity index (χ0v) is 10.1. The number of fused-ring (bicyclic) bond motifs is 1. The van der Waals surface area contributed by atoms with E-state index in [-0.39, 0.29) is 5.75 Å². The summed E-state index contributed by atoms with van der Waals surface area (Å²) in [5.74, 6) is -0.190. The molecule has 0 fully saturated rings. The Morgan fingerprint density at radius 1 is 1.56 bits per heavy atom. The van der Waals surface area contributed by atoms with Crippen molar-refractivity contribution in [2.45, 2.75) is 6.92 Å². The zero-order chi connectivity index (χ0) is 11.5. The highest BCUT2D eigenvalue weighted by Crippen LogP contribution is 2.30. The summed E-state index contributed by atoms with van der Waals surface area (Å²) in [4.78, 5) is 3.99. The van der Waals surface area contributed by atoms with Crippen molar-refractivity contribution in [1.29, 1.82) is 0 Å². The van der Waals surface area contributed by atoms with E-state index in [2.05, 4.69) is 4.98 Å². The molecule has 16 heavy (non-hydrogen) atoms. The van der Waals surface area contributed by atoms with Gasteiger partial charge < -0.3 is 4.74 Å². The van der Waals surface area contributed by atoms with Crippen molar-refractivity contribution in [3.8, 4) is 5.75 Å². The Hall–Kier alpha value is -1.13. The third-order valence-corrected chi connectivity index (χ3v) is 3.11. The molecule has 0 amide bonds. The first-order valence-corrected chi connectivity index (χ1v) is 5.89. The first-order chi connectivity index (χ1) is 7.70.